The summed E-state index contributed by atoms with van der Waals surface area (Å²) in [5.74, 6) is -0.344. The summed E-state index contributed by atoms with van der Waals surface area (Å²) in [4.78, 5) is 29.9. The molecule has 0 saturated heterocycles. The number of carboxylic acids is 1. The van der Waals surface area contributed by atoms with E-state index in [2.05, 4.69) is 15.3 Å². The van der Waals surface area contributed by atoms with Crippen LogP contribution in [-0.4, -0.2) is 38.7 Å². The zero-order chi connectivity index (χ0) is 13.0. The second-order valence-electron chi connectivity index (χ2n) is 4.02. The molecule has 0 aromatic carbocycles. The fraction of sp³-hybridized carbons (Fsp3) is 0.455. The van der Waals surface area contributed by atoms with Gasteiger partial charge in [-0.3, -0.25) is 4.79 Å². The van der Waals surface area contributed by atoms with E-state index >= 15 is 0 Å². The van der Waals surface area contributed by atoms with Gasteiger partial charge >= 0.3 is 5.97 Å². The minimum Gasteiger partial charge on any atom is -0.478 e. The molecule has 1 aromatic heterocycles. The molecule has 1 aliphatic rings. The molecule has 2 N–H and O–H groups in total. The second kappa shape index (κ2) is 5.81. The zero-order valence-corrected chi connectivity index (χ0v) is 10.4. The lowest BCUT2D eigenvalue weighted by molar-refractivity contribution is -0.118. The first kappa shape index (κ1) is 12.8. The fourth-order valence-electron chi connectivity index (χ4n) is 1.39. The van der Waals surface area contributed by atoms with Crippen molar-refractivity contribution in [3.8, 4) is 0 Å². The van der Waals surface area contributed by atoms with E-state index in [1.54, 1.807) is 0 Å². The Morgan fingerprint density at radius 2 is 2.28 bits per heavy atom. The molecule has 1 heterocycles. The van der Waals surface area contributed by atoms with Crippen molar-refractivity contribution in [1.82, 2.24) is 15.3 Å². The smallest absolute Gasteiger partial charge is 0.339 e. The molecule has 1 aromatic rings. The molecule has 1 fully saturated rings. The van der Waals surface area contributed by atoms with Crippen molar-refractivity contribution >= 4 is 23.6 Å². The van der Waals surface area contributed by atoms with Gasteiger partial charge in [0.2, 0.25) is 5.91 Å². The lowest BCUT2D eigenvalue weighted by atomic mass is 10.2. The van der Waals surface area contributed by atoms with E-state index < -0.39 is 5.97 Å². The summed E-state index contributed by atoms with van der Waals surface area (Å²) in [6.07, 6.45) is 4.71. The third-order valence-corrected chi connectivity index (χ3v) is 3.38. The van der Waals surface area contributed by atoms with Gasteiger partial charge in [0.15, 0.2) is 0 Å². The number of hydrogen-bond acceptors (Lipinski definition) is 5. The van der Waals surface area contributed by atoms with Crippen molar-refractivity contribution in [2.75, 3.05) is 5.75 Å². The van der Waals surface area contributed by atoms with Gasteiger partial charge in [0.25, 0.3) is 0 Å². The number of aromatic carboxylic acids is 1. The van der Waals surface area contributed by atoms with E-state index in [9.17, 15) is 9.59 Å². The summed E-state index contributed by atoms with van der Waals surface area (Å²) >= 11 is 1.35. The van der Waals surface area contributed by atoms with Gasteiger partial charge in [-0.15, -0.1) is 11.8 Å². The largest absolute Gasteiger partial charge is 0.478 e. The molecule has 96 valence electrons. The SMILES string of the molecule is O=C(CSCc1ncncc1C(=O)O)NC1CC1. The Balaban J connectivity index is 1.82. The number of rotatable bonds is 6. The number of hydrogen-bond donors (Lipinski definition) is 2. The normalized spacial score (nSPS) is 14.2. The summed E-state index contributed by atoms with van der Waals surface area (Å²) < 4.78 is 0. The molecule has 0 radical (unpaired) electrons. The zero-order valence-electron chi connectivity index (χ0n) is 9.63. The number of nitrogens with one attached hydrogen (secondary N) is 1. The van der Waals surface area contributed by atoms with Crippen molar-refractivity contribution in [3.05, 3.63) is 23.8 Å². The van der Waals surface area contributed by atoms with Crippen LogP contribution in [0, 0.1) is 0 Å². The van der Waals surface area contributed by atoms with Gasteiger partial charge in [0.05, 0.1) is 11.4 Å². The van der Waals surface area contributed by atoms with Crippen LogP contribution in [0.1, 0.15) is 28.9 Å². The molecule has 2 rings (SSSR count). The van der Waals surface area contributed by atoms with E-state index in [4.69, 9.17) is 5.11 Å². The van der Waals surface area contributed by atoms with Crippen molar-refractivity contribution in [3.63, 3.8) is 0 Å². The number of carbonyl (C=O) groups excluding carboxylic acids is 1. The van der Waals surface area contributed by atoms with Crippen LogP contribution in [0.15, 0.2) is 12.5 Å². The van der Waals surface area contributed by atoms with Crippen LogP contribution in [0.4, 0.5) is 0 Å². The van der Waals surface area contributed by atoms with Gasteiger partial charge < -0.3 is 10.4 Å². The number of carbonyl (C=O) groups is 2. The average Bonchev–Trinajstić information content (AvgIpc) is 3.13. The van der Waals surface area contributed by atoms with Crippen molar-refractivity contribution in [2.24, 2.45) is 0 Å². The Kier molecular flexibility index (Phi) is 4.14. The van der Waals surface area contributed by atoms with Crippen LogP contribution in [0.3, 0.4) is 0 Å². The molecule has 0 bridgehead atoms. The summed E-state index contributed by atoms with van der Waals surface area (Å²) in [6, 6.07) is 0.353. The van der Waals surface area contributed by atoms with Crippen molar-refractivity contribution in [1.29, 1.82) is 0 Å². The van der Waals surface area contributed by atoms with Crippen LogP contribution in [0.5, 0.6) is 0 Å². The van der Waals surface area contributed by atoms with Crippen molar-refractivity contribution in [2.45, 2.75) is 24.6 Å². The Labute approximate surface area is 108 Å². The molecule has 1 saturated carbocycles. The second-order valence-corrected chi connectivity index (χ2v) is 5.01. The summed E-state index contributed by atoms with van der Waals surface area (Å²) in [5, 5.41) is 11.8. The molecule has 0 unspecified atom stereocenters. The highest BCUT2D eigenvalue weighted by Gasteiger charge is 2.23. The summed E-state index contributed by atoms with van der Waals surface area (Å²) in [5.41, 5.74) is 0.536. The Morgan fingerprint density at radius 1 is 1.50 bits per heavy atom. The van der Waals surface area contributed by atoms with Crippen LogP contribution in [0.25, 0.3) is 0 Å². The Hall–Kier alpha value is -1.63. The number of nitrogens with zero attached hydrogens (tertiary/aromatic N) is 2. The predicted octanol–water partition coefficient (Wildman–Crippen LogP) is 0.687. The predicted molar refractivity (Wildman–Crippen MR) is 66.3 cm³/mol. The van der Waals surface area contributed by atoms with E-state index in [1.165, 1.54) is 24.3 Å². The number of thioether (sulfide) groups is 1. The van der Waals surface area contributed by atoms with E-state index in [1.807, 2.05) is 0 Å². The third kappa shape index (κ3) is 3.69. The quantitative estimate of drug-likeness (QED) is 0.787. The van der Waals surface area contributed by atoms with Crippen LogP contribution < -0.4 is 5.32 Å². The molecule has 1 amide bonds. The van der Waals surface area contributed by atoms with Gasteiger partial charge in [-0.1, -0.05) is 0 Å². The molecule has 0 aliphatic heterocycles. The fourth-order valence-corrected chi connectivity index (χ4v) is 2.18. The minimum absolute atomic E-state index is 0.00608. The summed E-state index contributed by atoms with van der Waals surface area (Å²) in [7, 11) is 0. The van der Waals surface area contributed by atoms with Crippen molar-refractivity contribution < 1.29 is 14.7 Å². The topological polar surface area (TPSA) is 92.2 Å². The highest BCUT2D eigenvalue weighted by molar-refractivity contribution is 7.99. The Morgan fingerprint density at radius 3 is 2.94 bits per heavy atom. The van der Waals surface area contributed by atoms with Gasteiger partial charge in [0, 0.05) is 18.0 Å². The van der Waals surface area contributed by atoms with E-state index in [0.29, 0.717) is 23.2 Å². The monoisotopic (exact) mass is 267 g/mol. The Bertz CT molecular complexity index is 463. The molecular weight excluding hydrogens is 254 g/mol. The summed E-state index contributed by atoms with van der Waals surface area (Å²) in [6.45, 7) is 0. The van der Waals surface area contributed by atoms with Crippen LogP contribution in [-0.2, 0) is 10.5 Å². The van der Waals surface area contributed by atoms with E-state index in [-0.39, 0.29) is 11.5 Å². The maximum absolute atomic E-state index is 11.4. The number of carboxylic acid groups (broad SMARTS) is 1. The maximum Gasteiger partial charge on any atom is 0.339 e. The molecule has 18 heavy (non-hydrogen) atoms. The standard InChI is InChI=1S/C11H13N3O3S/c15-10(14-7-1-2-7)5-18-4-9-8(11(16)17)3-12-6-13-9/h3,6-7H,1-2,4-5H2,(H,14,15)(H,16,17). The molecule has 7 heteroatoms. The lowest BCUT2D eigenvalue weighted by Gasteiger charge is -2.04. The third-order valence-electron chi connectivity index (χ3n) is 2.44. The number of aromatic nitrogens is 2. The van der Waals surface area contributed by atoms with Gasteiger partial charge in [-0.2, -0.15) is 0 Å². The van der Waals surface area contributed by atoms with Crippen LogP contribution >= 0.6 is 11.8 Å². The first-order valence-corrected chi connectivity index (χ1v) is 6.71. The highest BCUT2D eigenvalue weighted by Crippen LogP contribution is 2.19. The molecule has 0 atom stereocenters. The maximum atomic E-state index is 11.4. The number of amides is 1. The van der Waals surface area contributed by atoms with Gasteiger partial charge in [-0.25, -0.2) is 14.8 Å². The van der Waals surface area contributed by atoms with Gasteiger partial charge in [-0.05, 0) is 12.8 Å². The molecule has 0 spiro atoms. The molecular formula is C11H13N3O3S. The first-order chi connectivity index (χ1) is 8.66. The van der Waals surface area contributed by atoms with Crippen LogP contribution in [0.2, 0.25) is 0 Å². The van der Waals surface area contributed by atoms with Gasteiger partial charge in [0.1, 0.15) is 11.9 Å². The highest BCUT2D eigenvalue weighted by atomic mass is 32.2. The average molecular weight is 267 g/mol. The lowest BCUT2D eigenvalue weighted by Crippen LogP contribution is -2.27. The first-order valence-electron chi connectivity index (χ1n) is 5.56. The molecule has 6 nitrogen and oxygen atoms in total. The molecule has 1 aliphatic carbocycles. The minimum atomic E-state index is -1.05. The van der Waals surface area contributed by atoms with E-state index in [0.717, 1.165) is 12.8 Å².